The number of nitrogens with one attached hydrogen (secondary N) is 2. The lowest BCUT2D eigenvalue weighted by molar-refractivity contribution is 0.160. The zero-order chi connectivity index (χ0) is 24.9. The van der Waals surface area contributed by atoms with E-state index in [2.05, 4.69) is 68.1 Å². The second-order valence-electron chi connectivity index (χ2n) is 8.00. The monoisotopic (exact) mass is 554 g/mol. The maximum Gasteiger partial charge on any atom is 0.229 e. The molecule has 1 aliphatic heterocycles. The number of fused-ring (bicyclic) bond motifs is 1. The fourth-order valence-electron chi connectivity index (χ4n) is 3.85. The third-order valence-corrected chi connectivity index (χ3v) is 7.52. The van der Waals surface area contributed by atoms with Gasteiger partial charge in [0.2, 0.25) is 5.95 Å². The first kappa shape index (κ1) is 25.1. The summed E-state index contributed by atoms with van der Waals surface area (Å²) in [6.45, 7) is 5.28. The number of hydrogen-bond acceptors (Lipinski definition) is 8. The summed E-state index contributed by atoms with van der Waals surface area (Å²) in [7, 11) is 3.08. The molecule has 0 unspecified atom stereocenters. The topological polar surface area (TPSA) is 107 Å². The SMILES string of the molecule is CN=C1COCc2cc(OC)c(Nc3ncc(Br)c(Nc4ccccc4P(C)C)n3)cc2C1=CN. The highest BCUT2D eigenvalue weighted by atomic mass is 79.9. The Morgan fingerprint density at radius 1 is 1.17 bits per heavy atom. The number of ether oxygens (including phenoxy) is 2. The molecule has 35 heavy (non-hydrogen) atoms. The Morgan fingerprint density at radius 3 is 2.69 bits per heavy atom. The lowest BCUT2D eigenvalue weighted by Gasteiger charge is -2.17. The molecule has 0 aliphatic carbocycles. The van der Waals surface area contributed by atoms with E-state index in [1.165, 1.54) is 5.30 Å². The van der Waals surface area contributed by atoms with Gasteiger partial charge in [0.15, 0.2) is 0 Å². The molecular formula is C25H28BrN6O2P. The third-order valence-electron chi connectivity index (χ3n) is 5.59. The van der Waals surface area contributed by atoms with E-state index in [1.54, 1.807) is 26.6 Å². The number of nitrogens with zero attached hydrogens (tertiary/aromatic N) is 3. The van der Waals surface area contributed by atoms with Gasteiger partial charge in [0.1, 0.15) is 11.6 Å². The molecule has 8 nitrogen and oxygen atoms in total. The standard InChI is InChI=1S/C25H28BrN6O2P/c1-28-21-14-34-13-15-9-22(33-2)20(10-16(15)17(21)11-27)31-25-29-12-18(26)24(32-25)30-19-7-5-6-8-23(19)35(3)4/h5-12H,13-14,27H2,1-4H3,(H2,29,30,31,32). The summed E-state index contributed by atoms with van der Waals surface area (Å²) in [5, 5.41) is 8.03. The Kier molecular flexibility index (Phi) is 8.00. The van der Waals surface area contributed by atoms with Crippen molar-refractivity contribution in [2.75, 3.05) is 44.7 Å². The van der Waals surface area contributed by atoms with Gasteiger partial charge in [0.05, 0.1) is 36.2 Å². The van der Waals surface area contributed by atoms with Gasteiger partial charge in [0.25, 0.3) is 0 Å². The predicted molar refractivity (Wildman–Crippen MR) is 149 cm³/mol. The number of halogens is 1. The smallest absolute Gasteiger partial charge is 0.229 e. The molecule has 1 aliphatic rings. The van der Waals surface area contributed by atoms with E-state index in [-0.39, 0.29) is 7.92 Å². The molecule has 3 aromatic rings. The van der Waals surface area contributed by atoms with Gasteiger partial charge in [-0.1, -0.05) is 26.1 Å². The van der Waals surface area contributed by atoms with Crippen LogP contribution < -0.4 is 26.4 Å². The van der Waals surface area contributed by atoms with Crippen LogP contribution in [-0.2, 0) is 11.3 Å². The molecule has 4 N–H and O–H groups in total. The molecule has 2 aromatic carbocycles. The van der Waals surface area contributed by atoms with Crippen molar-refractivity contribution in [1.82, 2.24) is 9.97 Å². The van der Waals surface area contributed by atoms with E-state index in [9.17, 15) is 0 Å². The van der Waals surface area contributed by atoms with Crippen molar-refractivity contribution in [3.05, 3.63) is 64.4 Å². The predicted octanol–water partition coefficient (Wildman–Crippen LogP) is 5.00. The molecule has 0 amide bonds. The van der Waals surface area contributed by atoms with Crippen LogP contribution in [0.1, 0.15) is 11.1 Å². The molecule has 0 bridgehead atoms. The maximum atomic E-state index is 5.98. The first-order valence-electron chi connectivity index (χ1n) is 10.9. The number of nitrogens with two attached hydrogens (primary N) is 1. The van der Waals surface area contributed by atoms with Crippen LogP contribution >= 0.6 is 23.9 Å². The van der Waals surface area contributed by atoms with Crippen LogP contribution in [-0.4, -0.2) is 49.8 Å². The molecule has 0 saturated heterocycles. The van der Waals surface area contributed by atoms with Gasteiger partial charge in [-0.05, 0) is 63.9 Å². The summed E-state index contributed by atoms with van der Waals surface area (Å²) in [4.78, 5) is 13.5. The largest absolute Gasteiger partial charge is 0.495 e. The van der Waals surface area contributed by atoms with Gasteiger partial charge in [-0.3, -0.25) is 4.99 Å². The summed E-state index contributed by atoms with van der Waals surface area (Å²) in [6, 6.07) is 12.2. The number of methoxy groups -OCH3 is 1. The van der Waals surface area contributed by atoms with Gasteiger partial charge in [0, 0.05) is 30.7 Å². The Hall–Kier alpha value is -3.00. The molecular weight excluding hydrogens is 527 g/mol. The fraction of sp³-hybridized carbons (Fsp3) is 0.240. The van der Waals surface area contributed by atoms with Crippen LogP contribution in [0.2, 0.25) is 0 Å². The van der Waals surface area contributed by atoms with Crippen LogP contribution in [0, 0.1) is 0 Å². The van der Waals surface area contributed by atoms with Gasteiger partial charge < -0.3 is 25.8 Å². The van der Waals surface area contributed by atoms with Gasteiger partial charge in [-0.15, -0.1) is 0 Å². The molecule has 4 rings (SSSR count). The van der Waals surface area contributed by atoms with Gasteiger partial charge >= 0.3 is 0 Å². The minimum absolute atomic E-state index is 0.284. The van der Waals surface area contributed by atoms with Crippen LogP contribution in [0.15, 0.2) is 58.3 Å². The average Bonchev–Trinajstić information content (AvgIpc) is 3.03. The van der Waals surface area contributed by atoms with Crippen LogP contribution in [0.25, 0.3) is 5.57 Å². The first-order valence-corrected chi connectivity index (χ1v) is 14.0. The van der Waals surface area contributed by atoms with Crippen LogP contribution in [0.4, 0.5) is 23.1 Å². The minimum Gasteiger partial charge on any atom is -0.495 e. The summed E-state index contributed by atoms with van der Waals surface area (Å²) < 4.78 is 12.2. The molecule has 2 heterocycles. The molecule has 0 spiro atoms. The number of para-hydroxylation sites is 1. The number of aromatic nitrogens is 2. The Morgan fingerprint density at radius 2 is 1.97 bits per heavy atom. The average molecular weight is 555 g/mol. The van der Waals surface area contributed by atoms with E-state index >= 15 is 0 Å². The van der Waals surface area contributed by atoms with E-state index in [4.69, 9.17) is 20.2 Å². The zero-order valence-electron chi connectivity index (χ0n) is 20.1. The number of hydrogen-bond donors (Lipinski definition) is 3. The van der Waals surface area contributed by atoms with Gasteiger partial charge in [-0.25, -0.2) is 4.98 Å². The lowest BCUT2D eigenvalue weighted by Crippen LogP contribution is -2.10. The second kappa shape index (κ2) is 11.2. The van der Waals surface area contributed by atoms with Crippen LogP contribution in [0.5, 0.6) is 5.75 Å². The van der Waals surface area contributed by atoms with Crippen molar-refractivity contribution in [2.24, 2.45) is 10.7 Å². The van der Waals surface area contributed by atoms with Crippen molar-refractivity contribution in [2.45, 2.75) is 6.61 Å². The molecule has 0 radical (unpaired) electrons. The Labute approximate surface area is 215 Å². The highest BCUT2D eigenvalue weighted by Gasteiger charge is 2.21. The van der Waals surface area contributed by atoms with Crippen molar-refractivity contribution in [3.63, 3.8) is 0 Å². The minimum atomic E-state index is -0.284. The zero-order valence-corrected chi connectivity index (χ0v) is 22.6. The van der Waals surface area contributed by atoms with E-state index in [0.29, 0.717) is 36.4 Å². The highest BCUT2D eigenvalue weighted by molar-refractivity contribution is 9.10. The molecule has 182 valence electrons. The Bertz CT molecular complexity index is 1290. The summed E-state index contributed by atoms with van der Waals surface area (Å²) in [5.41, 5.74) is 11.2. The maximum absolute atomic E-state index is 5.98. The molecule has 0 atom stereocenters. The Balaban J connectivity index is 1.70. The fourth-order valence-corrected chi connectivity index (χ4v) is 5.14. The van der Waals surface area contributed by atoms with Crippen molar-refractivity contribution < 1.29 is 9.47 Å². The second-order valence-corrected chi connectivity index (χ2v) is 11.1. The quantitative estimate of drug-likeness (QED) is 0.368. The number of anilines is 4. The van der Waals surface area contributed by atoms with Crippen molar-refractivity contribution >= 4 is 63.6 Å². The van der Waals surface area contributed by atoms with E-state index in [1.807, 2.05) is 18.2 Å². The lowest BCUT2D eigenvalue weighted by atomic mass is 9.97. The number of rotatable bonds is 6. The molecule has 0 fully saturated rings. The van der Waals surface area contributed by atoms with Crippen LogP contribution in [0.3, 0.4) is 0 Å². The number of benzene rings is 2. The van der Waals surface area contributed by atoms with Crippen molar-refractivity contribution in [1.29, 1.82) is 0 Å². The van der Waals surface area contributed by atoms with Gasteiger partial charge in [-0.2, -0.15) is 4.98 Å². The summed E-state index contributed by atoms with van der Waals surface area (Å²) >= 11 is 3.57. The van der Waals surface area contributed by atoms with E-state index < -0.39 is 0 Å². The highest BCUT2D eigenvalue weighted by Crippen LogP contribution is 2.36. The van der Waals surface area contributed by atoms with E-state index in [0.717, 1.165) is 32.6 Å². The molecule has 1 aromatic heterocycles. The third kappa shape index (κ3) is 5.48. The molecule has 10 heteroatoms. The molecule has 0 saturated carbocycles. The number of aliphatic imine (C=N–C) groups is 1. The summed E-state index contributed by atoms with van der Waals surface area (Å²) in [6.07, 6.45) is 3.29. The van der Waals surface area contributed by atoms with Crippen molar-refractivity contribution in [3.8, 4) is 5.75 Å². The summed E-state index contributed by atoms with van der Waals surface area (Å²) in [5.74, 6) is 1.74. The normalized spacial score (nSPS) is 15.7. The first-order chi connectivity index (χ1) is 16.9.